The number of hydrogen-bond donors (Lipinski definition) is 2. The summed E-state index contributed by atoms with van der Waals surface area (Å²) in [6, 6.07) is 13.8. The lowest BCUT2D eigenvalue weighted by atomic mass is 10.1. The molecule has 0 aliphatic carbocycles. The van der Waals surface area contributed by atoms with Crippen LogP contribution in [0.15, 0.2) is 48.5 Å². The van der Waals surface area contributed by atoms with Gasteiger partial charge < -0.3 is 15.4 Å². The molecule has 0 fully saturated rings. The van der Waals surface area contributed by atoms with Gasteiger partial charge >= 0.3 is 0 Å². The Morgan fingerprint density at radius 1 is 1.21 bits per heavy atom. The van der Waals surface area contributed by atoms with E-state index < -0.39 is 4.92 Å². The highest BCUT2D eigenvalue weighted by Gasteiger charge is 2.17. The molecule has 126 valence electrons. The molecule has 7 nitrogen and oxygen atoms in total. The number of anilines is 1. The molecular formula is C17H19N3O4. The van der Waals surface area contributed by atoms with Crippen LogP contribution in [0.25, 0.3) is 0 Å². The summed E-state index contributed by atoms with van der Waals surface area (Å²) in [6.07, 6.45) is 0. The van der Waals surface area contributed by atoms with Crippen LogP contribution in [0.3, 0.4) is 0 Å². The Morgan fingerprint density at radius 3 is 2.62 bits per heavy atom. The fraction of sp³-hybridized carbons (Fsp3) is 0.235. The van der Waals surface area contributed by atoms with Gasteiger partial charge in [0.15, 0.2) is 0 Å². The molecule has 0 spiro atoms. The third kappa shape index (κ3) is 4.79. The highest BCUT2D eigenvalue weighted by atomic mass is 16.6. The summed E-state index contributed by atoms with van der Waals surface area (Å²) >= 11 is 0. The molecule has 24 heavy (non-hydrogen) atoms. The van der Waals surface area contributed by atoms with Gasteiger partial charge in [0.25, 0.3) is 11.6 Å². The smallest absolute Gasteiger partial charge is 0.293 e. The highest BCUT2D eigenvalue weighted by molar-refractivity contribution is 5.95. The number of nitro benzene ring substituents is 1. The third-order valence-electron chi connectivity index (χ3n) is 3.37. The number of rotatable bonds is 8. The number of methoxy groups -OCH3 is 1. The highest BCUT2D eigenvalue weighted by Crippen LogP contribution is 2.25. The molecule has 2 rings (SSSR count). The Hall–Kier alpha value is -2.93. The minimum absolute atomic E-state index is 0.140. The van der Waals surface area contributed by atoms with Crippen LogP contribution in [0.4, 0.5) is 11.4 Å². The Balaban J connectivity index is 2.07. The maximum Gasteiger partial charge on any atom is 0.293 e. The van der Waals surface area contributed by atoms with E-state index in [-0.39, 0.29) is 17.2 Å². The number of carbonyl (C=O) groups excluding carboxylic acids is 1. The van der Waals surface area contributed by atoms with Crippen LogP contribution in [-0.4, -0.2) is 31.1 Å². The van der Waals surface area contributed by atoms with Crippen LogP contribution in [0.5, 0.6) is 0 Å². The summed E-state index contributed by atoms with van der Waals surface area (Å²) < 4.78 is 4.90. The molecule has 0 unspecified atom stereocenters. The molecule has 0 aliphatic heterocycles. The molecule has 2 N–H and O–H groups in total. The molecule has 0 aliphatic rings. The van der Waals surface area contributed by atoms with Gasteiger partial charge in [-0.1, -0.05) is 30.3 Å². The molecule has 0 saturated heterocycles. The first-order valence-electron chi connectivity index (χ1n) is 7.45. The zero-order chi connectivity index (χ0) is 17.4. The van der Waals surface area contributed by atoms with Crippen LogP contribution in [0.2, 0.25) is 0 Å². The summed E-state index contributed by atoms with van der Waals surface area (Å²) in [5.41, 5.74) is 1.42. The number of nitrogens with one attached hydrogen (secondary N) is 2. The molecule has 1 amide bonds. The second-order valence-electron chi connectivity index (χ2n) is 5.08. The molecular weight excluding hydrogens is 310 g/mol. The average molecular weight is 329 g/mol. The van der Waals surface area contributed by atoms with Gasteiger partial charge in [-0.3, -0.25) is 14.9 Å². The first-order chi connectivity index (χ1) is 11.6. The van der Waals surface area contributed by atoms with Crippen molar-refractivity contribution in [2.75, 3.05) is 25.6 Å². The van der Waals surface area contributed by atoms with Crippen LogP contribution in [0, 0.1) is 10.1 Å². The van der Waals surface area contributed by atoms with Gasteiger partial charge in [-0.25, -0.2) is 0 Å². The number of benzene rings is 2. The van der Waals surface area contributed by atoms with E-state index in [9.17, 15) is 14.9 Å². The molecule has 0 bridgehead atoms. The standard InChI is InChI=1S/C17H19N3O4/c1-24-10-9-18-15-8-7-14(11-16(15)20(22)23)17(21)19-12-13-5-3-2-4-6-13/h2-8,11,18H,9-10,12H2,1H3,(H,19,21). The van der Waals surface area contributed by atoms with Crippen molar-refractivity contribution in [3.63, 3.8) is 0 Å². The van der Waals surface area contributed by atoms with E-state index in [1.165, 1.54) is 12.1 Å². The minimum atomic E-state index is -0.511. The van der Waals surface area contributed by atoms with E-state index in [4.69, 9.17) is 4.74 Å². The van der Waals surface area contributed by atoms with Crippen LogP contribution >= 0.6 is 0 Å². The van der Waals surface area contributed by atoms with Crippen molar-refractivity contribution in [1.29, 1.82) is 0 Å². The number of nitrogens with zero attached hydrogens (tertiary/aromatic N) is 1. The molecule has 0 radical (unpaired) electrons. The lowest BCUT2D eigenvalue weighted by Gasteiger charge is -2.09. The number of carbonyl (C=O) groups is 1. The Bertz CT molecular complexity index is 704. The maximum absolute atomic E-state index is 12.2. The van der Waals surface area contributed by atoms with Crippen molar-refractivity contribution in [3.8, 4) is 0 Å². The Morgan fingerprint density at radius 2 is 1.96 bits per heavy atom. The summed E-state index contributed by atoms with van der Waals surface area (Å²) in [5, 5.41) is 16.9. The summed E-state index contributed by atoms with van der Waals surface area (Å²) in [6.45, 7) is 1.23. The molecule has 0 aromatic heterocycles. The van der Waals surface area contributed by atoms with Crippen molar-refractivity contribution in [2.24, 2.45) is 0 Å². The summed E-state index contributed by atoms with van der Waals surface area (Å²) in [7, 11) is 1.55. The van der Waals surface area contributed by atoms with E-state index in [1.54, 1.807) is 13.2 Å². The summed E-state index contributed by atoms with van der Waals surface area (Å²) in [5.74, 6) is -0.356. The van der Waals surface area contributed by atoms with E-state index >= 15 is 0 Å². The molecule has 0 saturated carbocycles. The Kier molecular flexibility index (Phi) is 6.27. The van der Waals surface area contributed by atoms with Crippen LogP contribution < -0.4 is 10.6 Å². The topological polar surface area (TPSA) is 93.5 Å². The minimum Gasteiger partial charge on any atom is -0.383 e. The maximum atomic E-state index is 12.2. The second kappa shape index (κ2) is 8.64. The number of amides is 1. The SMILES string of the molecule is COCCNc1ccc(C(=O)NCc2ccccc2)cc1[N+](=O)[O-]. The molecule has 2 aromatic rings. The predicted octanol–water partition coefficient (Wildman–Crippen LogP) is 2.58. The van der Waals surface area contributed by atoms with E-state index in [0.29, 0.717) is 25.4 Å². The average Bonchev–Trinajstić information content (AvgIpc) is 2.60. The summed E-state index contributed by atoms with van der Waals surface area (Å²) in [4.78, 5) is 22.9. The fourth-order valence-corrected chi connectivity index (χ4v) is 2.14. The van der Waals surface area contributed by atoms with Crippen LogP contribution in [0.1, 0.15) is 15.9 Å². The van der Waals surface area contributed by atoms with Crippen molar-refractivity contribution in [3.05, 3.63) is 69.8 Å². The first kappa shape index (κ1) is 17.4. The second-order valence-corrected chi connectivity index (χ2v) is 5.08. The van der Waals surface area contributed by atoms with Gasteiger partial charge in [0, 0.05) is 31.8 Å². The number of nitro groups is 1. The fourth-order valence-electron chi connectivity index (χ4n) is 2.14. The predicted molar refractivity (Wildman–Crippen MR) is 91.1 cm³/mol. The molecule has 2 aromatic carbocycles. The van der Waals surface area contributed by atoms with Crippen molar-refractivity contribution >= 4 is 17.3 Å². The van der Waals surface area contributed by atoms with E-state index in [0.717, 1.165) is 5.56 Å². The van der Waals surface area contributed by atoms with Crippen molar-refractivity contribution in [2.45, 2.75) is 6.54 Å². The number of ether oxygens (including phenoxy) is 1. The molecule has 0 atom stereocenters. The van der Waals surface area contributed by atoms with Crippen molar-refractivity contribution < 1.29 is 14.5 Å². The van der Waals surface area contributed by atoms with Gasteiger partial charge in [-0.05, 0) is 17.7 Å². The van der Waals surface area contributed by atoms with Gasteiger partial charge in [-0.15, -0.1) is 0 Å². The zero-order valence-electron chi connectivity index (χ0n) is 13.3. The van der Waals surface area contributed by atoms with E-state index in [2.05, 4.69) is 10.6 Å². The Labute approximate surface area is 139 Å². The zero-order valence-corrected chi connectivity index (χ0v) is 13.3. The molecule has 0 heterocycles. The van der Waals surface area contributed by atoms with Crippen LogP contribution in [-0.2, 0) is 11.3 Å². The monoisotopic (exact) mass is 329 g/mol. The van der Waals surface area contributed by atoms with Gasteiger partial charge in [0.2, 0.25) is 0 Å². The normalized spacial score (nSPS) is 10.2. The number of hydrogen-bond acceptors (Lipinski definition) is 5. The van der Waals surface area contributed by atoms with Gasteiger partial charge in [-0.2, -0.15) is 0 Å². The first-order valence-corrected chi connectivity index (χ1v) is 7.45. The largest absolute Gasteiger partial charge is 0.383 e. The molecule has 7 heteroatoms. The lowest BCUT2D eigenvalue weighted by Crippen LogP contribution is -2.23. The van der Waals surface area contributed by atoms with Crippen molar-refractivity contribution in [1.82, 2.24) is 5.32 Å². The van der Waals surface area contributed by atoms with Gasteiger partial charge in [0.1, 0.15) is 5.69 Å². The third-order valence-corrected chi connectivity index (χ3v) is 3.37. The van der Waals surface area contributed by atoms with Gasteiger partial charge in [0.05, 0.1) is 11.5 Å². The quantitative estimate of drug-likeness (QED) is 0.441. The lowest BCUT2D eigenvalue weighted by molar-refractivity contribution is -0.384. The van der Waals surface area contributed by atoms with E-state index in [1.807, 2.05) is 30.3 Å².